The first-order chi connectivity index (χ1) is 11.5. The molecule has 0 bridgehead atoms. The molecule has 1 aromatic carbocycles. The van der Waals surface area contributed by atoms with Crippen molar-refractivity contribution in [1.82, 2.24) is 9.80 Å². The molecule has 2 N–H and O–H groups in total. The third-order valence-corrected chi connectivity index (χ3v) is 5.70. The highest BCUT2D eigenvalue weighted by Crippen LogP contribution is 2.40. The minimum Gasteiger partial charge on any atom is -0.496 e. The number of likely N-dealkylation sites (tertiary alicyclic amines) is 1. The summed E-state index contributed by atoms with van der Waals surface area (Å²) in [7, 11) is 5.72. The number of hydrogen-bond acceptors (Lipinski definition) is 4. The molecule has 5 heteroatoms. The van der Waals surface area contributed by atoms with Crippen molar-refractivity contribution in [2.24, 2.45) is 11.7 Å². The number of methoxy groups -OCH3 is 1. The molecule has 1 atom stereocenters. The van der Waals surface area contributed by atoms with Gasteiger partial charge in [-0.2, -0.15) is 0 Å². The smallest absolute Gasteiger partial charge is 0.247 e. The van der Waals surface area contributed by atoms with Crippen LogP contribution in [0.2, 0.25) is 0 Å². The Labute approximate surface area is 144 Å². The van der Waals surface area contributed by atoms with Crippen LogP contribution in [-0.2, 0) is 16.8 Å². The first-order valence-corrected chi connectivity index (χ1v) is 8.85. The van der Waals surface area contributed by atoms with Crippen LogP contribution in [0, 0.1) is 5.92 Å². The van der Waals surface area contributed by atoms with Crippen LogP contribution in [0.25, 0.3) is 0 Å². The van der Waals surface area contributed by atoms with E-state index >= 15 is 0 Å². The van der Waals surface area contributed by atoms with Crippen LogP contribution in [0.1, 0.15) is 30.4 Å². The lowest BCUT2D eigenvalue weighted by Gasteiger charge is -2.35. The predicted octanol–water partition coefficient (Wildman–Crippen LogP) is 1.60. The molecule has 2 aliphatic rings. The predicted molar refractivity (Wildman–Crippen MR) is 95.0 cm³/mol. The standard InChI is InChI=1S/C19H29N3O2/c1-21-11-8-14(9-12-21)13-22(2)18(23)19(20)10-7-15-16(19)5-4-6-17(15)24-3/h4-6,14H,7-13,20H2,1-3H3. The van der Waals surface area contributed by atoms with Crippen molar-refractivity contribution >= 4 is 5.91 Å². The average Bonchev–Trinajstić information content (AvgIpc) is 2.94. The van der Waals surface area contributed by atoms with Crippen LogP contribution in [0.5, 0.6) is 5.75 Å². The maximum Gasteiger partial charge on any atom is 0.247 e. The first kappa shape index (κ1) is 17.2. The third kappa shape index (κ3) is 3.03. The number of piperidine rings is 1. The molecule has 0 spiro atoms. The molecule has 3 rings (SSSR count). The van der Waals surface area contributed by atoms with E-state index in [1.807, 2.05) is 30.1 Å². The molecule has 1 heterocycles. The number of carbonyl (C=O) groups excluding carboxylic acids is 1. The topological polar surface area (TPSA) is 58.8 Å². The Balaban J connectivity index is 1.73. The lowest BCUT2D eigenvalue weighted by Crippen LogP contribution is -2.51. The Kier molecular flexibility index (Phi) is 4.83. The van der Waals surface area contributed by atoms with E-state index in [-0.39, 0.29) is 5.91 Å². The number of amides is 1. The van der Waals surface area contributed by atoms with Crippen molar-refractivity contribution in [1.29, 1.82) is 0 Å². The van der Waals surface area contributed by atoms with E-state index in [1.165, 1.54) is 0 Å². The summed E-state index contributed by atoms with van der Waals surface area (Å²) in [4.78, 5) is 17.3. The zero-order valence-electron chi connectivity index (χ0n) is 15.0. The van der Waals surface area contributed by atoms with E-state index in [0.29, 0.717) is 12.3 Å². The second kappa shape index (κ2) is 6.73. The summed E-state index contributed by atoms with van der Waals surface area (Å²) in [6.07, 6.45) is 3.75. The summed E-state index contributed by atoms with van der Waals surface area (Å²) in [6, 6.07) is 5.85. The highest BCUT2D eigenvalue weighted by molar-refractivity contribution is 5.89. The van der Waals surface area contributed by atoms with Gasteiger partial charge in [0.1, 0.15) is 11.3 Å². The number of nitrogens with two attached hydrogens (primary N) is 1. The molecule has 1 aliphatic carbocycles. The Morgan fingerprint density at radius 1 is 1.42 bits per heavy atom. The van der Waals surface area contributed by atoms with Crippen LogP contribution >= 0.6 is 0 Å². The van der Waals surface area contributed by atoms with Gasteiger partial charge in [0.25, 0.3) is 0 Å². The lowest BCUT2D eigenvalue weighted by atomic mass is 9.90. The number of nitrogens with zero attached hydrogens (tertiary/aromatic N) is 2. The molecule has 132 valence electrons. The van der Waals surface area contributed by atoms with Crippen molar-refractivity contribution in [2.75, 3.05) is 40.8 Å². The van der Waals surface area contributed by atoms with Crippen molar-refractivity contribution in [3.8, 4) is 5.75 Å². The molecule has 1 fully saturated rings. The van der Waals surface area contributed by atoms with E-state index in [0.717, 1.165) is 55.8 Å². The largest absolute Gasteiger partial charge is 0.496 e. The number of carbonyl (C=O) groups is 1. The molecule has 1 saturated heterocycles. The Morgan fingerprint density at radius 2 is 2.12 bits per heavy atom. The summed E-state index contributed by atoms with van der Waals surface area (Å²) < 4.78 is 5.44. The number of hydrogen-bond donors (Lipinski definition) is 1. The number of fused-ring (bicyclic) bond motifs is 1. The zero-order valence-corrected chi connectivity index (χ0v) is 15.0. The van der Waals surface area contributed by atoms with Gasteiger partial charge in [0, 0.05) is 13.6 Å². The van der Waals surface area contributed by atoms with E-state index in [4.69, 9.17) is 10.5 Å². The van der Waals surface area contributed by atoms with Gasteiger partial charge >= 0.3 is 0 Å². The minimum atomic E-state index is -0.913. The number of benzene rings is 1. The van der Waals surface area contributed by atoms with E-state index < -0.39 is 5.54 Å². The van der Waals surface area contributed by atoms with E-state index in [9.17, 15) is 4.79 Å². The molecule has 0 saturated carbocycles. The molecule has 1 aromatic rings. The maximum absolute atomic E-state index is 13.1. The van der Waals surface area contributed by atoms with Gasteiger partial charge in [0.2, 0.25) is 5.91 Å². The van der Waals surface area contributed by atoms with Crippen LogP contribution in [0.3, 0.4) is 0 Å². The lowest BCUT2D eigenvalue weighted by molar-refractivity contribution is -0.136. The monoisotopic (exact) mass is 331 g/mol. The second-order valence-corrected chi connectivity index (χ2v) is 7.39. The number of ether oxygens (including phenoxy) is 1. The minimum absolute atomic E-state index is 0.0356. The van der Waals surface area contributed by atoms with Crippen LogP contribution in [-0.4, -0.2) is 56.5 Å². The number of rotatable bonds is 4. The SMILES string of the molecule is COc1cccc2c1CCC2(N)C(=O)N(C)CC1CCN(C)CC1. The number of likely N-dealkylation sites (N-methyl/N-ethyl adjacent to an activating group) is 1. The van der Waals surface area contributed by atoms with Gasteiger partial charge in [0.05, 0.1) is 7.11 Å². The van der Waals surface area contributed by atoms with Crippen molar-refractivity contribution < 1.29 is 9.53 Å². The van der Waals surface area contributed by atoms with E-state index in [1.54, 1.807) is 7.11 Å². The highest BCUT2D eigenvalue weighted by atomic mass is 16.5. The summed E-state index contributed by atoms with van der Waals surface area (Å²) in [5.41, 5.74) is 7.72. The molecule has 0 radical (unpaired) electrons. The van der Waals surface area contributed by atoms with Crippen molar-refractivity contribution in [2.45, 2.75) is 31.2 Å². The molecular weight excluding hydrogens is 302 g/mol. The van der Waals surface area contributed by atoms with Crippen LogP contribution in [0.4, 0.5) is 0 Å². The second-order valence-electron chi connectivity index (χ2n) is 7.39. The van der Waals surface area contributed by atoms with Gasteiger partial charge in [-0.15, -0.1) is 0 Å². The first-order valence-electron chi connectivity index (χ1n) is 8.85. The Bertz CT molecular complexity index is 611. The van der Waals surface area contributed by atoms with Gasteiger partial charge < -0.3 is 20.3 Å². The van der Waals surface area contributed by atoms with Crippen LogP contribution in [0.15, 0.2) is 18.2 Å². The maximum atomic E-state index is 13.1. The molecular formula is C19H29N3O2. The van der Waals surface area contributed by atoms with Gasteiger partial charge in [-0.3, -0.25) is 4.79 Å². The summed E-state index contributed by atoms with van der Waals surface area (Å²) >= 11 is 0. The molecule has 5 nitrogen and oxygen atoms in total. The van der Waals surface area contributed by atoms with Gasteiger partial charge in [-0.05, 0) is 68.9 Å². The molecule has 0 aromatic heterocycles. The Morgan fingerprint density at radius 3 is 2.79 bits per heavy atom. The van der Waals surface area contributed by atoms with Gasteiger partial charge in [0.15, 0.2) is 0 Å². The normalized spacial score (nSPS) is 24.7. The highest BCUT2D eigenvalue weighted by Gasteiger charge is 2.44. The fraction of sp³-hybridized carbons (Fsp3) is 0.632. The molecule has 1 aliphatic heterocycles. The van der Waals surface area contributed by atoms with Crippen LogP contribution < -0.4 is 10.5 Å². The zero-order chi connectivity index (χ0) is 17.3. The molecule has 1 amide bonds. The quantitative estimate of drug-likeness (QED) is 0.910. The third-order valence-electron chi connectivity index (χ3n) is 5.70. The van der Waals surface area contributed by atoms with Gasteiger partial charge in [-0.1, -0.05) is 12.1 Å². The fourth-order valence-electron chi connectivity index (χ4n) is 4.17. The average molecular weight is 331 g/mol. The van der Waals surface area contributed by atoms with E-state index in [2.05, 4.69) is 11.9 Å². The van der Waals surface area contributed by atoms with Gasteiger partial charge in [-0.25, -0.2) is 0 Å². The van der Waals surface area contributed by atoms with Crippen molar-refractivity contribution in [3.63, 3.8) is 0 Å². The Hall–Kier alpha value is -1.59. The summed E-state index contributed by atoms with van der Waals surface area (Å²) in [5, 5.41) is 0. The molecule has 24 heavy (non-hydrogen) atoms. The van der Waals surface area contributed by atoms with Crippen molar-refractivity contribution in [3.05, 3.63) is 29.3 Å². The summed E-state index contributed by atoms with van der Waals surface area (Å²) in [5.74, 6) is 1.45. The summed E-state index contributed by atoms with van der Waals surface area (Å²) in [6.45, 7) is 3.02. The molecule has 1 unspecified atom stereocenters. The fourth-order valence-corrected chi connectivity index (χ4v) is 4.17.